The van der Waals surface area contributed by atoms with E-state index in [0.717, 1.165) is 13.3 Å². The number of hydrogen-bond acceptors (Lipinski definition) is 1. The maximum Gasteiger partial charge on any atom is 0.0756 e. The Morgan fingerprint density at radius 1 is 0.786 bits per heavy atom. The van der Waals surface area contributed by atoms with Gasteiger partial charge in [0.05, 0.1) is 13.3 Å². The van der Waals surface area contributed by atoms with Crippen LogP contribution in [-0.2, 0) is 13.3 Å². The quantitative estimate of drug-likeness (QED) is 0.715. The zero-order chi connectivity index (χ0) is 9.80. The minimum absolute atomic E-state index is 0.922. The molecule has 0 amide bonds. The first-order valence-electron chi connectivity index (χ1n) is 4.74. The van der Waals surface area contributed by atoms with Gasteiger partial charge in [0, 0.05) is 24.8 Å². The molecule has 0 spiro atoms. The highest BCUT2D eigenvalue weighted by molar-refractivity contribution is 4.91. The van der Waals surface area contributed by atoms with Gasteiger partial charge in [0.15, 0.2) is 0 Å². The standard InChI is InChI=1S/C11H15N3/c1-12(10-13-6-2-3-7-13)11-14-8-4-5-9-14/h2-9H,10-11H2,1H3. The zero-order valence-corrected chi connectivity index (χ0v) is 8.37. The highest BCUT2D eigenvalue weighted by Gasteiger charge is 1.97. The third-order valence-corrected chi connectivity index (χ3v) is 2.14. The molecule has 0 bridgehead atoms. The molecule has 0 radical (unpaired) electrons. The van der Waals surface area contributed by atoms with E-state index in [-0.39, 0.29) is 0 Å². The molecular weight excluding hydrogens is 174 g/mol. The van der Waals surface area contributed by atoms with Crippen molar-refractivity contribution < 1.29 is 0 Å². The predicted octanol–water partition coefficient (Wildman–Crippen LogP) is 1.84. The molecule has 14 heavy (non-hydrogen) atoms. The summed E-state index contributed by atoms with van der Waals surface area (Å²) < 4.78 is 4.31. The number of aromatic nitrogens is 2. The van der Waals surface area contributed by atoms with E-state index in [0.29, 0.717) is 0 Å². The van der Waals surface area contributed by atoms with E-state index >= 15 is 0 Å². The van der Waals surface area contributed by atoms with Crippen molar-refractivity contribution in [3.05, 3.63) is 49.1 Å². The lowest BCUT2D eigenvalue weighted by Crippen LogP contribution is -2.23. The SMILES string of the molecule is CN(Cn1cccc1)Cn1cccc1. The van der Waals surface area contributed by atoms with Crippen LogP contribution in [0.5, 0.6) is 0 Å². The van der Waals surface area contributed by atoms with Crippen molar-refractivity contribution in [3.8, 4) is 0 Å². The molecule has 74 valence electrons. The molecule has 3 heteroatoms. The molecule has 3 nitrogen and oxygen atoms in total. The first-order chi connectivity index (χ1) is 6.84. The molecule has 0 aliphatic heterocycles. The fraction of sp³-hybridized carbons (Fsp3) is 0.273. The highest BCUT2D eigenvalue weighted by atomic mass is 15.3. The van der Waals surface area contributed by atoms with Crippen LogP contribution in [0.4, 0.5) is 0 Å². The molecule has 2 aromatic rings. The van der Waals surface area contributed by atoms with E-state index in [2.05, 4.69) is 45.9 Å². The molecule has 0 aliphatic rings. The van der Waals surface area contributed by atoms with E-state index in [1.165, 1.54) is 0 Å². The van der Waals surface area contributed by atoms with Crippen LogP contribution >= 0.6 is 0 Å². The third kappa shape index (κ3) is 2.26. The van der Waals surface area contributed by atoms with Gasteiger partial charge in [-0.25, -0.2) is 0 Å². The van der Waals surface area contributed by atoms with Gasteiger partial charge in [0.25, 0.3) is 0 Å². The summed E-state index contributed by atoms with van der Waals surface area (Å²) in [4.78, 5) is 2.25. The van der Waals surface area contributed by atoms with Crippen molar-refractivity contribution in [1.29, 1.82) is 0 Å². The monoisotopic (exact) mass is 189 g/mol. The molecule has 0 fully saturated rings. The van der Waals surface area contributed by atoms with Crippen molar-refractivity contribution in [2.75, 3.05) is 7.05 Å². The summed E-state index contributed by atoms with van der Waals surface area (Å²) in [5.74, 6) is 0. The Kier molecular flexibility index (Phi) is 2.70. The Morgan fingerprint density at radius 2 is 1.14 bits per heavy atom. The molecular formula is C11H15N3. The number of nitrogens with zero attached hydrogens (tertiary/aromatic N) is 3. The topological polar surface area (TPSA) is 13.1 Å². The van der Waals surface area contributed by atoms with Gasteiger partial charge in [-0.15, -0.1) is 0 Å². The van der Waals surface area contributed by atoms with Gasteiger partial charge < -0.3 is 9.13 Å². The molecule has 0 unspecified atom stereocenters. The number of hydrogen-bond donors (Lipinski definition) is 0. The second kappa shape index (κ2) is 4.15. The number of rotatable bonds is 4. The fourth-order valence-corrected chi connectivity index (χ4v) is 1.53. The first kappa shape index (κ1) is 9.09. The van der Waals surface area contributed by atoms with Crippen LogP contribution in [-0.4, -0.2) is 21.1 Å². The minimum Gasteiger partial charge on any atom is -0.341 e. The Balaban J connectivity index is 1.88. The predicted molar refractivity (Wildman–Crippen MR) is 56.6 cm³/mol. The van der Waals surface area contributed by atoms with Crippen LogP contribution in [0.3, 0.4) is 0 Å². The smallest absolute Gasteiger partial charge is 0.0756 e. The van der Waals surface area contributed by atoms with Gasteiger partial charge in [-0.1, -0.05) is 0 Å². The van der Waals surface area contributed by atoms with Gasteiger partial charge >= 0.3 is 0 Å². The molecule has 0 saturated carbocycles. The first-order valence-corrected chi connectivity index (χ1v) is 4.74. The van der Waals surface area contributed by atoms with Gasteiger partial charge in [-0.3, -0.25) is 4.90 Å². The second-order valence-corrected chi connectivity index (χ2v) is 3.53. The second-order valence-electron chi connectivity index (χ2n) is 3.53. The van der Waals surface area contributed by atoms with E-state index < -0.39 is 0 Å². The van der Waals surface area contributed by atoms with Gasteiger partial charge in [0.1, 0.15) is 0 Å². The Bertz CT molecular complexity index is 312. The van der Waals surface area contributed by atoms with Gasteiger partial charge in [-0.05, 0) is 31.3 Å². The van der Waals surface area contributed by atoms with E-state index in [1.54, 1.807) is 0 Å². The van der Waals surface area contributed by atoms with Crippen LogP contribution in [0.1, 0.15) is 0 Å². The third-order valence-electron chi connectivity index (χ3n) is 2.14. The highest BCUT2D eigenvalue weighted by Crippen LogP contribution is 1.97. The van der Waals surface area contributed by atoms with Crippen molar-refractivity contribution in [2.45, 2.75) is 13.3 Å². The summed E-state index contributed by atoms with van der Waals surface area (Å²) >= 11 is 0. The summed E-state index contributed by atoms with van der Waals surface area (Å²) in [6.07, 6.45) is 8.30. The molecule has 0 saturated heterocycles. The van der Waals surface area contributed by atoms with Gasteiger partial charge in [0.2, 0.25) is 0 Å². The fourth-order valence-electron chi connectivity index (χ4n) is 1.53. The summed E-state index contributed by atoms with van der Waals surface area (Å²) in [5, 5.41) is 0. The minimum atomic E-state index is 0.922. The van der Waals surface area contributed by atoms with Crippen molar-refractivity contribution in [2.24, 2.45) is 0 Å². The van der Waals surface area contributed by atoms with Gasteiger partial charge in [-0.2, -0.15) is 0 Å². The largest absolute Gasteiger partial charge is 0.341 e. The summed E-state index contributed by atoms with van der Waals surface area (Å²) in [6, 6.07) is 8.18. The Labute approximate surface area is 84.2 Å². The molecule has 0 atom stereocenters. The average molecular weight is 189 g/mol. The van der Waals surface area contributed by atoms with Crippen molar-refractivity contribution in [1.82, 2.24) is 14.0 Å². The zero-order valence-electron chi connectivity index (χ0n) is 8.37. The molecule has 2 heterocycles. The van der Waals surface area contributed by atoms with E-state index in [9.17, 15) is 0 Å². The Morgan fingerprint density at radius 3 is 1.50 bits per heavy atom. The van der Waals surface area contributed by atoms with Crippen LogP contribution in [0.25, 0.3) is 0 Å². The average Bonchev–Trinajstić information content (AvgIpc) is 2.76. The molecule has 0 aromatic carbocycles. The maximum atomic E-state index is 2.25. The molecule has 0 aliphatic carbocycles. The molecule has 2 aromatic heterocycles. The van der Waals surface area contributed by atoms with Crippen LogP contribution in [0.15, 0.2) is 49.1 Å². The summed E-state index contributed by atoms with van der Waals surface area (Å²) in [6.45, 7) is 1.84. The van der Waals surface area contributed by atoms with E-state index in [1.807, 2.05) is 24.3 Å². The lowest BCUT2D eigenvalue weighted by molar-refractivity contribution is 0.215. The summed E-state index contributed by atoms with van der Waals surface area (Å²) in [7, 11) is 2.11. The Hall–Kier alpha value is -1.48. The van der Waals surface area contributed by atoms with Crippen molar-refractivity contribution in [3.63, 3.8) is 0 Å². The van der Waals surface area contributed by atoms with Crippen LogP contribution < -0.4 is 0 Å². The molecule has 0 N–H and O–H groups in total. The lowest BCUT2D eigenvalue weighted by Gasteiger charge is -2.18. The van der Waals surface area contributed by atoms with Crippen molar-refractivity contribution >= 4 is 0 Å². The normalized spacial score (nSPS) is 11.0. The lowest BCUT2D eigenvalue weighted by atomic mass is 10.7. The van der Waals surface area contributed by atoms with Crippen LogP contribution in [0.2, 0.25) is 0 Å². The summed E-state index contributed by atoms with van der Waals surface area (Å²) in [5.41, 5.74) is 0. The molecule has 2 rings (SSSR count). The van der Waals surface area contributed by atoms with Crippen LogP contribution in [0, 0.1) is 0 Å². The van der Waals surface area contributed by atoms with E-state index in [4.69, 9.17) is 0 Å². The maximum absolute atomic E-state index is 2.25.